The summed E-state index contributed by atoms with van der Waals surface area (Å²) in [6.45, 7) is 0. The summed E-state index contributed by atoms with van der Waals surface area (Å²) in [6, 6.07) is 5.22. The minimum Gasteiger partial charge on any atom is -0.399 e. The molecule has 19 heavy (non-hydrogen) atoms. The van der Waals surface area contributed by atoms with Gasteiger partial charge < -0.3 is 5.73 Å². The summed E-state index contributed by atoms with van der Waals surface area (Å²) in [7, 11) is 1.68. The van der Waals surface area contributed by atoms with Gasteiger partial charge in [0.15, 0.2) is 0 Å². The molecule has 0 unspecified atom stereocenters. The predicted octanol–water partition coefficient (Wildman–Crippen LogP) is 1.75. The van der Waals surface area contributed by atoms with E-state index in [0.29, 0.717) is 11.2 Å². The van der Waals surface area contributed by atoms with Crippen molar-refractivity contribution in [2.24, 2.45) is 13.0 Å². The summed E-state index contributed by atoms with van der Waals surface area (Å²) in [5.74, 6) is -0.108. The van der Waals surface area contributed by atoms with Crippen molar-refractivity contribution in [2.45, 2.75) is 25.7 Å². The number of hydrogen-bond acceptors (Lipinski definition) is 3. The van der Waals surface area contributed by atoms with E-state index in [1.807, 2.05) is 0 Å². The Morgan fingerprint density at radius 3 is 2.63 bits per heavy atom. The first-order valence-electron chi connectivity index (χ1n) is 6.61. The molecule has 0 amide bonds. The molecule has 2 aromatic rings. The van der Waals surface area contributed by atoms with E-state index in [2.05, 4.69) is 0 Å². The summed E-state index contributed by atoms with van der Waals surface area (Å²) in [4.78, 5) is 24.8. The third-order valence-corrected chi connectivity index (χ3v) is 4.00. The van der Waals surface area contributed by atoms with E-state index in [0.717, 1.165) is 31.2 Å². The van der Waals surface area contributed by atoms with Gasteiger partial charge in [0.05, 0.1) is 11.0 Å². The molecular formula is C14H17N3O2. The van der Waals surface area contributed by atoms with Gasteiger partial charge in [0, 0.05) is 18.7 Å². The number of aryl methyl sites for hydroxylation is 1. The third-order valence-electron chi connectivity index (χ3n) is 4.00. The number of carbonyl (C=O) groups excluding carboxylic acids is 1. The minimum atomic E-state index is -0.280. The Hall–Kier alpha value is -2.04. The van der Waals surface area contributed by atoms with E-state index in [1.54, 1.807) is 25.2 Å². The van der Waals surface area contributed by atoms with Crippen LogP contribution >= 0.6 is 0 Å². The number of anilines is 1. The highest BCUT2D eigenvalue weighted by molar-refractivity contribution is 5.93. The van der Waals surface area contributed by atoms with Crippen molar-refractivity contribution in [3.05, 3.63) is 28.7 Å². The quantitative estimate of drug-likeness (QED) is 0.793. The molecule has 0 atom stereocenters. The van der Waals surface area contributed by atoms with Crippen molar-refractivity contribution in [3.63, 3.8) is 0 Å². The highest BCUT2D eigenvalue weighted by atomic mass is 16.2. The van der Waals surface area contributed by atoms with Crippen LogP contribution in [0, 0.1) is 5.92 Å². The van der Waals surface area contributed by atoms with E-state index in [4.69, 9.17) is 5.73 Å². The molecule has 5 heteroatoms. The van der Waals surface area contributed by atoms with Gasteiger partial charge in [0.1, 0.15) is 0 Å². The largest absolute Gasteiger partial charge is 0.399 e. The van der Waals surface area contributed by atoms with E-state index in [1.165, 1.54) is 9.13 Å². The number of hydrogen-bond donors (Lipinski definition) is 1. The van der Waals surface area contributed by atoms with Gasteiger partial charge in [-0.25, -0.2) is 9.36 Å². The lowest BCUT2D eigenvalue weighted by Crippen LogP contribution is -2.31. The van der Waals surface area contributed by atoms with Crippen LogP contribution in [0.15, 0.2) is 23.0 Å². The fourth-order valence-corrected chi connectivity index (χ4v) is 2.93. The van der Waals surface area contributed by atoms with Crippen molar-refractivity contribution in [1.82, 2.24) is 9.13 Å². The van der Waals surface area contributed by atoms with Crippen LogP contribution in [0.3, 0.4) is 0 Å². The molecule has 5 nitrogen and oxygen atoms in total. The molecule has 0 bridgehead atoms. The Morgan fingerprint density at radius 1 is 1.26 bits per heavy atom. The first-order valence-corrected chi connectivity index (χ1v) is 6.61. The number of fused-ring (bicyclic) bond motifs is 1. The molecule has 1 aromatic carbocycles. The van der Waals surface area contributed by atoms with Crippen LogP contribution in [0.5, 0.6) is 0 Å². The molecule has 1 aliphatic carbocycles. The predicted molar refractivity (Wildman–Crippen MR) is 74.2 cm³/mol. The summed E-state index contributed by atoms with van der Waals surface area (Å²) in [5.41, 5.74) is 7.41. The Labute approximate surface area is 110 Å². The maximum Gasteiger partial charge on any atom is 0.335 e. The smallest absolute Gasteiger partial charge is 0.335 e. The summed E-state index contributed by atoms with van der Waals surface area (Å²) in [6.07, 6.45) is 3.89. The molecule has 3 rings (SSSR count). The lowest BCUT2D eigenvalue weighted by molar-refractivity contribution is 0.0837. The van der Waals surface area contributed by atoms with E-state index in [9.17, 15) is 9.59 Å². The van der Waals surface area contributed by atoms with Crippen molar-refractivity contribution >= 4 is 22.6 Å². The Bertz CT molecular complexity index is 705. The van der Waals surface area contributed by atoms with Crippen molar-refractivity contribution in [2.75, 3.05) is 5.73 Å². The van der Waals surface area contributed by atoms with Crippen LogP contribution < -0.4 is 11.4 Å². The molecule has 1 fully saturated rings. The summed E-state index contributed by atoms with van der Waals surface area (Å²) in [5, 5.41) is 0. The van der Waals surface area contributed by atoms with Gasteiger partial charge in [0.25, 0.3) is 0 Å². The first-order chi connectivity index (χ1) is 9.09. The lowest BCUT2D eigenvalue weighted by atomic mass is 10.1. The Balaban J connectivity index is 2.22. The molecule has 0 radical (unpaired) electrons. The molecule has 0 spiro atoms. The SMILES string of the molecule is Cn1c(=O)n(C(=O)C2CCCC2)c2cc(N)ccc21. The van der Waals surface area contributed by atoms with E-state index >= 15 is 0 Å². The number of nitrogen functional groups attached to an aromatic ring is 1. The third kappa shape index (κ3) is 1.77. The molecular weight excluding hydrogens is 242 g/mol. The van der Waals surface area contributed by atoms with Crippen LogP contribution in [0.2, 0.25) is 0 Å². The molecule has 1 heterocycles. The van der Waals surface area contributed by atoms with Gasteiger partial charge in [-0.2, -0.15) is 0 Å². The first kappa shape index (κ1) is 12.0. The van der Waals surface area contributed by atoms with E-state index < -0.39 is 0 Å². The van der Waals surface area contributed by atoms with Crippen molar-refractivity contribution in [1.29, 1.82) is 0 Å². The molecule has 100 valence electrons. The number of carbonyl (C=O) groups is 1. The number of nitrogens with zero attached hydrogens (tertiary/aromatic N) is 2. The number of rotatable bonds is 1. The van der Waals surface area contributed by atoms with Crippen LogP contribution in [0.25, 0.3) is 11.0 Å². The minimum absolute atomic E-state index is 0.0234. The monoisotopic (exact) mass is 259 g/mol. The van der Waals surface area contributed by atoms with E-state index in [-0.39, 0.29) is 17.5 Å². The fourth-order valence-electron chi connectivity index (χ4n) is 2.93. The van der Waals surface area contributed by atoms with Crippen LogP contribution in [-0.2, 0) is 7.05 Å². The summed E-state index contributed by atoms with van der Waals surface area (Å²) >= 11 is 0. The van der Waals surface area contributed by atoms with Crippen LogP contribution in [0.1, 0.15) is 30.5 Å². The highest BCUT2D eigenvalue weighted by Crippen LogP contribution is 2.27. The van der Waals surface area contributed by atoms with Crippen LogP contribution in [0.4, 0.5) is 5.69 Å². The Morgan fingerprint density at radius 2 is 1.95 bits per heavy atom. The maximum atomic E-state index is 12.5. The van der Waals surface area contributed by atoms with Crippen molar-refractivity contribution < 1.29 is 4.79 Å². The Kier molecular flexibility index (Phi) is 2.69. The highest BCUT2D eigenvalue weighted by Gasteiger charge is 2.27. The van der Waals surface area contributed by atoms with Gasteiger partial charge in [-0.15, -0.1) is 0 Å². The zero-order chi connectivity index (χ0) is 13.6. The molecule has 1 aromatic heterocycles. The number of aromatic nitrogens is 2. The second-order valence-electron chi connectivity index (χ2n) is 5.24. The number of benzene rings is 1. The zero-order valence-corrected chi connectivity index (χ0v) is 10.9. The second kappa shape index (κ2) is 4.26. The van der Waals surface area contributed by atoms with Gasteiger partial charge in [0.2, 0.25) is 5.91 Å². The maximum absolute atomic E-state index is 12.5. The van der Waals surface area contributed by atoms with Gasteiger partial charge in [-0.05, 0) is 31.0 Å². The standard InChI is InChI=1S/C14H17N3O2/c1-16-11-7-6-10(15)8-12(11)17(14(16)19)13(18)9-4-2-3-5-9/h6-9H,2-5,15H2,1H3. The average Bonchev–Trinajstić information content (AvgIpc) is 2.98. The second-order valence-corrected chi connectivity index (χ2v) is 5.24. The summed E-state index contributed by atoms with van der Waals surface area (Å²) < 4.78 is 2.79. The normalized spacial score (nSPS) is 16.3. The average molecular weight is 259 g/mol. The lowest BCUT2D eigenvalue weighted by Gasteiger charge is -2.08. The van der Waals surface area contributed by atoms with Gasteiger partial charge in [-0.3, -0.25) is 9.36 Å². The topological polar surface area (TPSA) is 70.0 Å². The van der Waals surface area contributed by atoms with Crippen molar-refractivity contribution in [3.8, 4) is 0 Å². The van der Waals surface area contributed by atoms with Gasteiger partial charge >= 0.3 is 5.69 Å². The fraction of sp³-hybridized carbons (Fsp3) is 0.429. The number of nitrogens with two attached hydrogens (primary N) is 1. The molecule has 1 saturated carbocycles. The number of imidazole rings is 1. The molecule has 0 aliphatic heterocycles. The van der Waals surface area contributed by atoms with Crippen LogP contribution in [-0.4, -0.2) is 15.0 Å². The van der Waals surface area contributed by atoms with Gasteiger partial charge in [-0.1, -0.05) is 12.8 Å². The molecule has 1 aliphatic rings. The molecule has 0 saturated heterocycles. The molecule has 2 N–H and O–H groups in total. The zero-order valence-electron chi connectivity index (χ0n) is 10.9.